The number of hydrogen-bond donors (Lipinski definition) is 2. The minimum atomic E-state index is -0.255. The Morgan fingerprint density at radius 2 is 2.19 bits per heavy atom. The first-order valence-corrected chi connectivity index (χ1v) is 4.83. The van der Waals surface area contributed by atoms with E-state index in [-0.39, 0.29) is 11.7 Å². The van der Waals surface area contributed by atoms with Gasteiger partial charge in [0.15, 0.2) is 11.5 Å². The highest BCUT2D eigenvalue weighted by Crippen LogP contribution is 2.25. The molecule has 0 aliphatic rings. The molecule has 1 aromatic carbocycles. The van der Waals surface area contributed by atoms with Crippen LogP contribution in [-0.2, 0) is 4.74 Å². The zero-order chi connectivity index (χ0) is 12.0. The second kappa shape index (κ2) is 5.97. The summed E-state index contributed by atoms with van der Waals surface area (Å²) in [6, 6.07) is 4.49. The van der Waals surface area contributed by atoms with Gasteiger partial charge < -0.3 is 19.9 Å². The molecule has 5 nitrogen and oxygen atoms in total. The van der Waals surface area contributed by atoms with Gasteiger partial charge in [0.1, 0.15) is 0 Å². The fourth-order valence-corrected chi connectivity index (χ4v) is 1.20. The SMILES string of the molecule is COCCNC(=O)c1ccc(OC)c(O)c1. The number of phenols is 1. The smallest absolute Gasteiger partial charge is 0.251 e. The van der Waals surface area contributed by atoms with Gasteiger partial charge in [0.25, 0.3) is 5.91 Å². The maximum absolute atomic E-state index is 11.6. The largest absolute Gasteiger partial charge is 0.504 e. The zero-order valence-electron chi connectivity index (χ0n) is 9.32. The number of carbonyl (C=O) groups is 1. The van der Waals surface area contributed by atoms with Gasteiger partial charge >= 0.3 is 0 Å². The van der Waals surface area contributed by atoms with Crippen LogP contribution in [0.15, 0.2) is 18.2 Å². The Bertz CT molecular complexity index is 365. The minimum absolute atomic E-state index is 0.0538. The summed E-state index contributed by atoms with van der Waals surface area (Å²) in [5.41, 5.74) is 0.384. The summed E-state index contributed by atoms with van der Waals surface area (Å²) in [5, 5.41) is 12.1. The molecule has 0 spiro atoms. The molecule has 0 saturated heterocycles. The van der Waals surface area contributed by atoms with E-state index in [9.17, 15) is 9.90 Å². The Hall–Kier alpha value is -1.75. The van der Waals surface area contributed by atoms with E-state index < -0.39 is 0 Å². The quantitative estimate of drug-likeness (QED) is 0.726. The van der Waals surface area contributed by atoms with Crippen LogP contribution in [0.1, 0.15) is 10.4 Å². The van der Waals surface area contributed by atoms with E-state index in [4.69, 9.17) is 9.47 Å². The molecule has 2 N–H and O–H groups in total. The average molecular weight is 225 g/mol. The van der Waals surface area contributed by atoms with Crippen molar-refractivity contribution in [3.63, 3.8) is 0 Å². The number of nitrogens with one attached hydrogen (secondary N) is 1. The molecule has 0 radical (unpaired) electrons. The highest BCUT2D eigenvalue weighted by Gasteiger charge is 2.08. The number of methoxy groups -OCH3 is 2. The monoisotopic (exact) mass is 225 g/mol. The van der Waals surface area contributed by atoms with E-state index in [0.29, 0.717) is 24.5 Å². The summed E-state index contributed by atoms with van der Waals surface area (Å²) in [7, 11) is 3.01. The Morgan fingerprint density at radius 1 is 1.44 bits per heavy atom. The lowest BCUT2D eigenvalue weighted by Gasteiger charge is -2.07. The first kappa shape index (κ1) is 12.3. The second-order valence-electron chi connectivity index (χ2n) is 3.14. The van der Waals surface area contributed by atoms with Crippen LogP contribution in [0.2, 0.25) is 0 Å². The Morgan fingerprint density at radius 3 is 2.75 bits per heavy atom. The Balaban J connectivity index is 2.66. The number of benzene rings is 1. The van der Waals surface area contributed by atoms with E-state index in [0.717, 1.165) is 0 Å². The molecule has 16 heavy (non-hydrogen) atoms. The number of carbonyl (C=O) groups excluding carboxylic acids is 1. The van der Waals surface area contributed by atoms with Gasteiger partial charge in [-0.15, -0.1) is 0 Å². The van der Waals surface area contributed by atoms with E-state index in [1.165, 1.54) is 13.2 Å². The van der Waals surface area contributed by atoms with Crippen molar-refractivity contribution in [1.82, 2.24) is 5.32 Å². The standard InChI is InChI=1S/C11H15NO4/c1-15-6-5-12-11(14)8-3-4-10(16-2)9(13)7-8/h3-4,7,13H,5-6H2,1-2H3,(H,12,14). The molecule has 0 aliphatic heterocycles. The van der Waals surface area contributed by atoms with E-state index >= 15 is 0 Å². The number of aromatic hydroxyl groups is 1. The predicted octanol–water partition coefficient (Wildman–Crippen LogP) is 0.777. The summed E-state index contributed by atoms with van der Waals surface area (Å²) in [6.45, 7) is 0.885. The van der Waals surface area contributed by atoms with Crippen molar-refractivity contribution >= 4 is 5.91 Å². The maximum atomic E-state index is 11.6. The van der Waals surface area contributed by atoms with Crippen molar-refractivity contribution in [1.29, 1.82) is 0 Å². The molecule has 1 amide bonds. The van der Waals surface area contributed by atoms with Gasteiger partial charge in [0.05, 0.1) is 13.7 Å². The van der Waals surface area contributed by atoms with Crippen molar-refractivity contribution in [2.24, 2.45) is 0 Å². The number of ether oxygens (including phenoxy) is 2. The molecule has 1 aromatic rings. The lowest BCUT2D eigenvalue weighted by atomic mass is 10.2. The molecule has 0 atom stereocenters. The molecule has 0 saturated carbocycles. The third kappa shape index (κ3) is 3.13. The van der Waals surface area contributed by atoms with Crippen molar-refractivity contribution in [2.75, 3.05) is 27.4 Å². The topological polar surface area (TPSA) is 67.8 Å². The zero-order valence-corrected chi connectivity index (χ0v) is 9.32. The average Bonchev–Trinajstić information content (AvgIpc) is 2.29. The normalized spacial score (nSPS) is 9.88. The fourth-order valence-electron chi connectivity index (χ4n) is 1.20. The Labute approximate surface area is 94.0 Å². The van der Waals surface area contributed by atoms with Crippen molar-refractivity contribution in [2.45, 2.75) is 0 Å². The minimum Gasteiger partial charge on any atom is -0.504 e. The van der Waals surface area contributed by atoms with Gasteiger partial charge in [-0.3, -0.25) is 4.79 Å². The molecule has 0 bridgehead atoms. The van der Waals surface area contributed by atoms with E-state index in [1.807, 2.05) is 0 Å². The molecular weight excluding hydrogens is 210 g/mol. The van der Waals surface area contributed by atoms with Gasteiger partial charge in [0.2, 0.25) is 0 Å². The number of rotatable bonds is 5. The van der Waals surface area contributed by atoms with Crippen molar-refractivity contribution in [3.05, 3.63) is 23.8 Å². The maximum Gasteiger partial charge on any atom is 0.251 e. The molecule has 0 fully saturated rings. The molecule has 88 valence electrons. The summed E-state index contributed by atoms with van der Waals surface area (Å²) >= 11 is 0. The van der Waals surface area contributed by atoms with Gasteiger partial charge in [-0.1, -0.05) is 0 Å². The molecule has 0 aliphatic carbocycles. The first-order valence-electron chi connectivity index (χ1n) is 4.83. The van der Waals surface area contributed by atoms with Crippen molar-refractivity contribution in [3.8, 4) is 11.5 Å². The number of amides is 1. The molecule has 0 aromatic heterocycles. The van der Waals surface area contributed by atoms with Crippen LogP contribution >= 0.6 is 0 Å². The summed E-state index contributed by atoms with van der Waals surface area (Å²) in [6.07, 6.45) is 0. The van der Waals surface area contributed by atoms with Crippen LogP contribution < -0.4 is 10.1 Å². The summed E-state index contributed by atoms with van der Waals surface area (Å²) in [4.78, 5) is 11.6. The lowest BCUT2D eigenvalue weighted by Crippen LogP contribution is -2.26. The van der Waals surface area contributed by atoms with Crippen LogP contribution in [0.25, 0.3) is 0 Å². The van der Waals surface area contributed by atoms with Crippen molar-refractivity contribution < 1.29 is 19.4 Å². The summed E-state index contributed by atoms with van der Waals surface area (Å²) < 4.78 is 9.68. The van der Waals surface area contributed by atoms with Crippen LogP contribution in [0.3, 0.4) is 0 Å². The van der Waals surface area contributed by atoms with Gasteiger partial charge in [-0.05, 0) is 18.2 Å². The Kier molecular flexibility index (Phi) is 4.60. The predicted molar refractivity (Wildman–Crippen MR) is 58.9 cm³/mol. The van der Waals surface area contributed by atoms with Crippen LogP contribution in [0, 0.1) is 0 Å². The van der Waals surface area contributed by atoms with Crippen LogP contribution in [0.5, 0.6) is 11.5 Å². The molecule has 1 rings (SSSR count). The number of hydrogen-bond acceptors (Lipinski definition) is 4. The van der Waals surface area contributed by atoms with Gasteiger partial charge in [-0.25, -0.2) is 0 Å². The lowest BCUT2D eigenvalue weighted by molar-refractivity contribution is 0.0936. The van der Waals surface area contributed by atoms with Gasteiger partial charge in [-0.2, -0.15) is 0 Å². The van der Waals surface area contributed by atoms with E-state index in [2.05, 4.69) is 5.32 Å². The van der Waals surface area contributed by atoms with E-state index in [1.54, 1.807) is 19.2 Å². The van der Waals surface area contributed by atoms with Crippen LogP contribution in [0.4, 0.5) is 0 Å². The third-order valence-electron chi connectivity index (χ3n) is 2.03. The summed E-state index contributed by atoms with van der Waals surface area (Å²) in [5.74, 6) is 0.0327. The molecule has 5 heteroatoms. The third-order valence-corrected chi connectivity index (χ3v) is 2.03. The molecular formula is C11H15NO4. The highest BCUT2D eigenvalue weighted by atomic mass is 16.5. The molecule has 0 heterocycles. The van der Waals surface area contributed by atoms with Gasteiger partial charge in [0, 0.05) is 19.2 Å². The number of phenolic OH excluding ortho intramolecular Hbond substituents is 1. The second-order valence-corrected chi connectivity index (χ2v) is 3.14. The highest BCUT2D eigenvalue weighted by molar-refractivity contribution is 5.94. The molecule has 0 unspecified atom stereocenters. The van der Waals surface area contributed by atoms with Crippen LogP contribution in [-0.4, -0.2) is 38.4 Å². The first-order chi connectivity index (χ1) is 7.69. The fraction of sp³-hybridized carbons (Fsp3) is 0.364.